The van der Waals surface area contributed by atoms with E-state index in [1.807, 2.05) is 0 Å². The summed E-state index contributed by atoms with van der Waals surface area (Å²) in [6.45, 7) is 6.04. The fourth-order valence-electron chi connectivity index (χ4n) is 8.71. The highest BCUT2D eigenvalue weighted by molar-refractivity contribution is 6.09. The number of pyridine rings is 1. The quantitative estimate of drug-likeness (QED) is 0.223. The fraction of sp³-hybridized carbons (Fsp3) is 0.533. The lowest BCUT2D eigenvalue weighted by molar-refractivity contribution is -0.307. The third kappa shape index (κ3) is 3.61. The van der Waals surface area contributed by atoms with E-state index in [1.54, 1.807) is 13.8 Å². The van der Waals surface area contributed by atoms with Crippen molar-refractivity contribution in [3.8, 4) is 5.75 Å². The number of benzene rings is 1. The van der Waals surface area contributed by atoms with Gasteiger partial charge in [0.2, 0.25) is 11.9 Å². The van der Waals surface area contributed by atoms with Gasteiger partial charge < -0.3 is 31.3 Å². The van der Waals surface area contributed by atoms with Crippen LogP contribution in [0.3, 0.4) is 0 Å². The second kappa shape index (κ2) is 9.60. The van der Waals surface area contributed by atoms with E-state index in [0.29, 0.717) is 6.07 Å². The maximum atomic E-state index is 14.2. The third-order valence-corrected chi connectivity index (χ3v) is 10.4. The Hall–Kier alpha value is -3.32. The van der Waals surface area contributed by atoms with Gasteiger partial charge in [0.25, 0.3) is 0 Å². The van der Waals surface area contributed by atoms with Gasteiger partial charge in [-0.1, -0.05) is 39.8 Å². The molecule has 1 aromatic carbocycles. The molecule has 2 fully saturated rings. The predicted molar refractivity (Wildman–Crippen MR) is 142 cm³/mol. The van der Waals surface area contributed by atoms with Gasteiger partial charge in [-0.15, -0.1) is 0 Å². The van der Waals surface area contributed by atoms with E-state index in [4.69, 9.17) is 5.73 Å². The standard InChI is InChI=1S/C30H34F2N2O8/c1-11(2)20-23(37)19(26(33)40)24(38)30(42)25(39)21-22(36)18-14(6-5-7-16(18)35)15(28(21,3)27(41)29(20,30)4)10-13-8-12(31)9-17(32)34-13/h5-9,11,15,19-21,23,25,27,35,37,39,41-42H,10H2,1-4H3,(H2,33,40)/t15-,19-,20+,21-,23?,25?,27-,28+,29+,30+/m1/s1. The first-order chi connectivity index (χ1) is 19.4. The number of hydrogen-bond acceptors (Lipinski definition) is 9. The van der Waals surface area contributed by atoms with Gasteiger partial charge >= 0.3 is 0 Å². The van der Waals surface area contributed by atoms with Crippen molar-refractivity contribution in [3.05, 3.63) is 58.9 Å². The number of aliphatic hydroxyl groups excluding tert-OH is 3. The van der Waals surface area contributed by atoms with Crippen molar-refractivity contribution in [3.63, 3.8) is 0 Å². The van der Waals surface area contributed by atoms with Gasteiger partial charge in [0.1, 0.15) is 23.6 Å². The fourth-order valence-corrected chi connectivity index (χ4v) is 8.71. The van der Waals surface area contributed by atoms with Gasteiger partial charge in [-0.05, 0) is 41.9 Å². The van der Waals surface area contributed by atoms with Crippen LogP contribution in [0.2, 0.25) is 0 Å². The average Bonchev–Trinajstić information content (AvgIpc) is 2.87. The summed E-state index contributed by atoms with van der Waals surface area (Å²) < 4.78 is 28.4. The van der Waals surface area contributed by atoms with Crippen LogP contribution < -0.4 is 5.73 Å². The van der Waals surface area contributed by atoms with E-state index < -0.39 is 99.3 Å². The molecule has 7 N–H and O–H groups in total. The van der Waals surface area contributed by atoms with Crippen LogP contribution in [0.15, 0.2) is 30.3 Å². The molecule has 2 aromatic rings. The number of amides is 1. The number of nitrogens with two attached hydrogens (primary N) is 1. The first-order valence-corrected chi connectivity index (χ1v) is 13.7. The Labute approximate surface area is 240 Å². The highest BCUT2D eigenvalue weighted by Crippen LogP contribution is 2.68. The number of fused-ring (bicyclic) bond motifs is 3. The number of carbonyl (C=O) groups is 3. The second-order valence-electron chi connectivity index (χ2n) is 12.7. The molecule has 3 aliphatic rings. The zero-order valence-corrected chi connectivity index (χ0v) is 23.5. The minimum Gasteiger partial charge on any atom is -0.507 e. The summed E-state index contributed by atoms with van der Waals surface area (Å²) in [5.74, 6) is -12.6. The van der Waals surface area contributed by atoms with Crippen LogP contribution in [0, 0.1) is 46.3 Å². The molecule has 1 aromatic heterocycles. The number of ketones is 2. The molecule has 42 heavy (non-hydrogen) atoms. The summed E-state index contributed by atoms with van der Waals surface area (Å²) in [6, 6.07) is 5.73. The average molecular weight is 589 g/mol. The SMILES string of the molecule is CC(C)[C@H]1C(O)[C@@H](C(N)=O)C(=O)[C@]2(O)C(O)[C@H]3C(=O)c4c(O)cccc4[C@@H](Cc4cc(F)cc(F)n4)[C@]3(C)[C@@H](O)[C@]12C. The number of primary amides is 1. The number of nitrogens with zero attached hydrogens (tertiary/aromatic N) is 1. The van der Waals surface area contributed by atoms with Crippen molar-refractivity contribution in [2.45, 2.75) is 63.9 Å². The number of Topliss-reactive ketones (excluding diaryl/α,β-unsaturated/α-hetero) is 2. The molecule has 0 bridgehead atoms. The van der Waals surface area contributed by atoms with Crippen molar-refractivity contribution >= 4 is 17.5 Å². The van der Waals surface area contributed by atoms with Gasteiger partial charge in [-0.2, -0.15) is 4.39 Å². The Kier molecular flexibility index (Phi) is 6.89. The summed E-state index contributed by atoms with van der Waals surface area (Å²) in [6.07, 6.45) is -6.13. The molecule has 1 amide bonds. The number of hydrogen-bond donors (Lipinski definition) is 6. The summed E-state index contributed by atoms with van der Waals surface area (Å²) in [5.41, 5.74) is -1.46. The normalized spacial score (nSPS) is 39.5. The Morgan fingerprint density at radius 2 is 1.76 bits per heavy atom. The number of halogens is 2. The zero-order chi connectivity index (χ0) is 31.3. The molecule has 10 atom stereocenters. The molecule has 1 heterocycles. The first-order valence-electron chi connectivity index (χ1n) is 13.7. The number of aromatic hydroxyl groups is 1. The minimum atomic E-state index is -2.95. The number of phenols is 1. The maximum absolute atomic E-state index is 14.2. The van der Waals surface area contributed by atoms with Crippen LogP contribution >= 0.6 is 0 Å². The van der Waals surface area contributed by atoms with Crippen molar-refractivity contribution in [2.75, 3.05) is 0 Å². The molecule has 10 nitrogen and oxygen atoms in total. The van der Waals surface area contributed by atoms with E-state index >= 15 is 0 Å². The molecular formula is C30H34F2N2O8. The molecule has 226 valence electrons. The molecule has 0 aliphatic heterocycles. The van der Waals surface area contributed by atoms with Gasteiger partial charge in [-0.25, -0.2) is 9.37 Å². The largest absolute Gasteiger partial charge is 0.507 e. The topological polar surface area (TPSA) is 191 Å². The highest BCUT2D eigenvalue weighted by atomic mass is 19.1. The smallest absolute Gasteiger partial charge is 0.230 e. The van der Waals surface area contributed by atoms with Crippen molar-refractivity contribution < 1.29 is 48.7 Å². The number of aliphatic hydroxyl groups is 4. The van der Waals surface area contributed by atoms with Crippen LogP contribution in [0.4, 0.5) is 8.78 Å². The van der Waals surface area contributed by atoms with Gasteiger partial charge in [0, 0.05) is 22.6 Å². The molecule has 2 saturated carbocycles. The summed E-state index contributed by atoms with van der Waals surface area (Å²) in [7, 11) is 0. The monoisotopic (exact) mass is 588 g/mol. The Morgan fingerprint density at radius 1 is 1.12 bits per heavy atom. The van der Waals surface area contributed by atoms with Crippen molar-refractivity contribution in [2.24, 2.45) is 40.2 Å². The number of rotatable bonds is 4. The molecule has 0 radical (unpaired) electrons. The number of aromatic nitrogens is 1. The van der Waals surface area contributed by atoms with E-state index in [-0.39, 0.29) is 23.2 Å². The van der Waals surface area contributed by atoms with E-state index in [0.717, 1.165) is 6.07 Å². The van der Waals surface area contributed by atoms with Crippen molar-refractivity contribution in [1.82, 2.24) is 4.98 Å². The van der Waals surface area contributed by atoms with Crippen LogP contribution in [0.25, 0.3) is 0 Å². The Balaban J connectivity index is 1.83. The van der Waals surface area contributed by atoms with E-state index in [2.05, 4.69) is 4.98 Å². The second-order valence-corrected chi connectivity index (χ2v) is 12.7. The first kappa shape index (κ1) is 30.1. The third-order valence-electron chi connectivity index (χ3n) is 10.4. The molecule has 12 heteroatoms. The molecule has 5 rings (SSSR count). The Bertz CT molecular complexity index is 1480. The zero-order valence-electron chi connectivity index (χ0n) is 23.5. The number of carbonyl (C=O) groups excluding carboxylic acids is 3. The number of phenolic OH excluding ortho intramolecular Hbond substituents is 1. The lowest BCUT2D eigenvalue weighted by Crippen LogP contribution is -2.84. The van der Waals surface area contributed by atoms with Crippen LogP contribution in [-0.2, 0) is 16.0 Å². The highest BCUT2D eigenvalue weighted by Gasteiger charge is 2.80. The van der Waals surface area contributed by atoms with Gasteiger partial charge in [0.05, 0.1) is 23.7 Å². The maximum Gasteiger partial charge on any atom is 0.230 e. The van der Waals surface area contributed by atoms with Gasteiger partial charge in [0.15, 0.2) is 17.2 Å². The minimum absolute atomic E-state index is 0.0947. The van der Waals surface area contributed by atoms with Crippen molar-refractivity contribution in [1.29, 1.82) is 0 Å². The molecular weight excluding hydrogens is 554 g/mol. The predicted octanol–water partition coefficient (Wildman–Crippen LogP) is 1.00. The van der Waals surface area contributed by atoms with Crippen LogP contribution in [0.1, 0.15) is 55.2 Å². The molecule has 0 saturated heterocycles. The Morgan fingerprint density at radius 3 is 2.33 bits per heavy atom. The van der Waals surface area contributed by atoms with Crippen LogP contribution in [0.5, 0.6) is 5.75 Å². The van der Waals surface area contributed by atoms with E-state index in [9.17, 15) is 48.7 Å². The summed E-state index contributed by atoms with van der Waals surface area (Å²) in [4.78, 5) is 44.2. The molecule has 0 spiro atoms. The molecule has 2 unspecified atom stereocenters. The van der Waals surface area contributed by atoms with E-state index in [1.165, 1.54) is 32.0 Å². The summed E-state index contributed by atoms with van der Waals surface area (Å²) in [5, 5.41) is 58.7. The lowest BCUT2D eigenvalue weighted by Gasteiger charge is -2.69. The lowest BCUT2D eigenvalue weighted by atomic mass is 9.36. The summed E-state index contributed by atoms with van der Waals surface area (Å²) >= 11 is 0. The van der Waals surface area contributed by atoms with Gasteiger partial charge in [-0.3, -0.25) is 14.4 Å². The van der Waals surface area contributed by atoms with Crippen LogP contribution in [-0.4, -0.2) is 71.9 Å². The molecule has 3 aliphatic carbocycles.